The number of benzene rings is 2. The van der Waals surface area contributed by atoms with Crippen LogP contribution in [0.4, 0.5) is 35.1 Å². The molecule has 136 valence electrons. The summed E-state index contributed by atoms with van der Waals surface area (Å²) in [5.74, 6) is -18.5. The summed E-state index contributed by atoms with van der Waals surface area (Å²) >= 11 is 0. The second-order valence-electron chi connectivity index (χ2n) is 4.92. The molecule has 2 rings (SSSR count). The molecule has 0 fully saturated rings. The highest BCUT2D eigenvalue weighted by atomic mass is 32.2. The summed E-state index contributed by atoms with van der Waals surface area (Å²) in [6.07, 6.45) is 0. The molecule has 0 aliphatic rings. The van der Waals surface area contributed by atoms with Crippen LogP contribution in [-0.2, 0) is 9.84 Å². The number of hydrogen-bond donors (Lipinski definition) is 0. The maximum absolute atomic E-state index is 13.8. The number of rotatable bonds is 2. The smallest absolute Gasteiger partial charge is 0.218 e. The SMILES string of the molecule is Cc1c(F)c(F)c(S(=O)(=O)c2c(F)c(F)c(C)c(F)c2F)c(F)c1F. The summed E-state index contributed by atoms with van der Waals surface area (Å²) in [5.41, 5.74) is -2.48. The first-order valence-electron chi connectivity index (χ1n) is 6.25. The molecule has 0 spiro atoms. The Morgan fingerprint density at radius 2 is 0.680 bits per heavy atom. The minimum absolute atomic E-state index is 0.569. The van der Waals surface area contributed by atoms with Gasteiger partial charge in [-0.15, -0.1) is 0 Å². The van der Waals surface area contributed by atoms with Crippen LogP contribution in [0, 0.1) is 60.4 Å². The van der Waals surface area contributed by atoms with E-state index in [4.69, 9.17) is 0 Å². The lowest BCUT2D eigenvalue weighted by atomic mass is 10.2. The van der Waals surface area contributed by atoms with Crippen molar-refractivity contribution >= 4 is 9.84 Å². The zero-order valence-electron chi connectivity index (χ0n) is 12.2. The van der Waals surface area contributed by atoms with Crippen molar-refractivity contribution in [3.05, 3.63) is 57.7 Å². The zero-order chi connectivity index (χ0) is 19.4. The van der Waals surface area contributed by atoms with Gasteiger partial charge in [0.2, 0.25) is 9.84 Å². The predicted molar refractivity (Wildman–Crippen MR) is 67.5 cm³/mol. The van der Waals surface area contributed by atoms with E-state index in [1.54, 1.807) is 0 Å². The molecule has 2 aromatic carbocycles. The Morgan fingerprint density at radius 3 is 0.880 bits per heavy atom. The molecule has 0 aliphatic carbocycles. The van der Waals surface area contributed by atoms with Gasteiger partial charge in [-0.2, -0.15) is 0 Å². The second kappa shape index (κ2) is 5.97. The van der Waals surface area contributed by atoms with Crippen molar-refractivity contribution in [3.63, 3.8) is 0 Å². The van der Waals surface area contributed by atoms with Crippen molar-refractivity contribution in [2.75, 3.05) is 0 Å². The molecule has 25 heavy (non-hydrogen) atoms. The second-order valence-corrected chi connectivity index (χ2v) is 6.75. The molecule has 0 amide bonds. The summed E-state index contributed by atoms with van der Waals surface area (Å²) in [7, 11) is -6.05. The molecule has 0 aliphatic heterocycles. The van der Waals surface area contributed by atoms with Crippen molar-refractivity contribution in [1.29, 1.82) is 0 Å². The molecule has 0 bridgehead atoms. The molecule has 11 heteroatoms. The van der Waals surface area contributed by atoms with E-state index < -0.39 is 77.3 Å². The van der Waals surface area contributed by atoms with E-state index >= 15 is 0 Å². The summed E-state index contributed by atoms with van der Waals surface area (Å²) in [6, 6.07) is 0. The van der Waals surface area contributed by atoms with Crippen LogP contribution in [0.25, 0.3) is 0 Å². The Hall–Kier alpha value is -2.17. The van der Waals surface area contributed by atoms with Gasteiger partial charge in [0, 0.05) is 11.1 Å². The number of hydrogen-bond acceptors (Lipinski definition) is 2. The maximum Gasteiger partial charge on any atom is 0.218 e. The van der Waals surface area contributed by atoms with Crippen molar-refractivity contribution in [1.82, 2.24) is 0 Å². The van der Waals surface area contributed by atoms with Crippen molar-refractivity contribution in [2.24, 2.45) is 0 Å². The molecule has 0 aromatic heterocycles. The average Bonchev–Trinajstić information content (AvgIpc) is 2.54. The van der Waals surface area contributed by atoms with Gasteiger partial charge in [0.25, 0.3) is 0 Å². The van der Waals surface area contributed by atoms with Gasteiger partial charge >= 0.3 is 0 Å². The average molecular weight is 390 g/mol. The van der Waals surface area contributed by atoms with Gasteiger partial charge in [-0.3, -0.25) is 0 Å². The minimum Gasteiger partial charge on any atom is -0.218 e. The first kappa shape index (κ1) is 19.2. The predicted octanol–water partition coefficient (Wildman–Crippen LogP) is 4.25. The van der Waals surface area contributed by atoms with Gasteiger partial charge in [0.1, 0.15) is 9.79 Å². The lowest BCUT2D eigenvalue weighted by Crippen LogP contribution is -2.17. The topological polar surface area (TPSA) is 34.1 Å². The van der Waals surface area contributed by atoms with E-state index in [9.17, 15) is 43.5 Å². The summed E-state index contributed by atoms with van der Waals surface area (Å²) in [4.78, 5) is -4.82. The molecular formula is C14H6F8O2S. The first-order valence-corrected chi connectivity index (χ1v) is 7.74. The third-order valence-electron chi connectivity index (χ3n) is 3.42. The number of halogens is 8. The van der Waals surface area contributed by atoms with Gasteiger partial charge in [-0.05, 0) is 13.8 Å². The van der Waals surface area contributed by atoms with Gasteiger partial charge in [-0.25, -0.2) is 43.5 Å². The lowest BCUT2D eigenvalue weighted by molar-refractivity contribution is 0.400. The normalized spacial score (nSPS) is 11.9. The Balaban J connectivity index is 3.02. The summed E-state index contributed by atoms with van der Waals surface area (Å²) in [6.45, 7) is 1.14. The first-order chi connectivity index (χ1) is 11.4. The molecule has 0 saturated heterocycles. The molecular weight excluding hydrogens is 384 g/mol. The maximum atomic E-state index is 13.8. The fraction of sp³-hybridized carbons (Fsp3) is 0.143. The highest BCUT2D eigenvalue weighted by Crippen LogP contribution is 2.35. The van der Waals surface area contributed by atoms with Crippen LogP contribution in [0.3, 0.4) is 0 Å². The van der Waals surface area contributed by atoms with Gasteiger partial charge in [0.05, 0.1) is 0 Å². The number of sulfone groups is 1. The monoisotopic (exact) mass is 390 g/mol. The van der Waals surface area contributed by atoms with Crippen LogP contribution in [0.2, 0.25) is 0 Å². The third-order valence-corrected chi connectivity index (χ3v) is 5.21. The molecule has 0 unspecified atom stereocenters. The van der Waals surface area contributed by atoms with E-state index in [1.165, 1.54) is 0 Å². The highest BCUT2D eigenvalue weighted by Gasteiger charge is 2.39. The zero-order valence-corrected chi connectivity index (χ0v) is 13.1. The molecule has 2 nitrogen and oxygen atoms in total. The molecule has 0 saturated carbocycles. The van der Waals surface area contributed by atoms with Crippen LogP contribution >= 0.6 is 0 Å². The molecule has 0 radical (unpaired) electrons. The van der Waals surface area contributed by atoms with Gasteiger partial charge in [0.15, 0.2) is 46.5 Å². The fourth-order valence-corrected chi connectivity index (χ4v) is 3.52. The fourth-order valence-electron chi connectivity index (χ4n) is 2.02. The van der Waals surface area contributed by atoms with Crippen LogP contribution in [0.5, 0.6) is 0 Å². The van der Waals surface area contributed by atoms with E-state index in [-0.39, 0.29) is 0 Å². The Kier molecular flexibility index (Phi) is 4.58. The van der Waals surface area contributed by atoms with Gasteiger partial charge < -0.3 is 0 Å². The summed E-state index contributed by atoms with van der Waals surface area (Å²) in [5, 5.41) is 0. The van der Waals surface area contributed by atoms with Crippen LogP contribution in [0.1, 0.15) is 11.1 Å². The van der Waals surface area contributed by atoms with Crippen molar-refractivity contribution < 1.29 is 43.5 Å². The quantitative estimate of drug-likeness (QED) is 0.568. The highest BCUT2D eigenvalue weighted by molar-refractivity contribution is 7.91. The van der Waals surface area contributed by atoms with Crippen molar-refractivity contribution in [2.45, 2.75) is 23.6 Å². The molecule has 0 heterocycles. The molecule has 0 atom stereocenters. The van der Waals surface area contributed by atoms with E-state index in [2.05, 4.69) is 0 Å². The van der Waals surface area contributed by atoms with Gasteiger partial charge in [-0.1, -0.05) is 0 Å². The largest absolute Gasteiger partial charge is 0.218 e. The van der Waals surface area contributed by atoms with E-state index in [0.29, 0.717) is 13.8 Å². The summed E-state index contributed by atoms with van der Waals surface area (Å²) < 4.78 is 134. The van der Waals surface area contributed by atoms with Crippen LogP contribution in [-0.4, -0.2) is 8.42 Å². The Labute approximate surface area is 135 Å². The lowest BCUT2D eigenvalue weighted by Gasteiger charge is -2.13. The minimum atomic E-state index is -6.05. The van der Waals surface area contributed by atoms with E-state index in [1.807, 2.05) is 0 Å². The molecule has 2 aromatic rings. The Bertz CT molecular complexity index is 881. The Morgan fingerprint density at radius 1 is 0.480 bits per heavy atom. The molecule has 0 N–H and O–H groups in total. The van der Waals surface area contributed by atoms with Crippen LogP contribution < -0.4 is 0 Å². The van der Waals surface area contributed by atoms with Crippen LogP contribution in [0.15, 0.2) is 9.79 Å². The standard InChI is InChI=1S/C14H6F8O2S/c1-3-5(15)9(19)13(10(20)6(3)16)25(23,24)14-11(21)7(17)4(2)8(18)12(14)22/h1-2H3. The third kappa shape index (κ3) is 2.57. The van der Waals surface area contributed by atoms with E-state index in [0.717, 1.165) is 0 Å². The van der Waals surface area contributed by atoms with Crippen molar-refractivity contribution in [3.8, 4) is 0 Å².